The molecule has 5 rings (SSSR count). The van der Waals surface area contributed by atoms with Crippen molar-refractivity contribution in [2.24, 2.45) is 23.7 Å². The van der Waals surface area contributed by atoms with Crippen LogP contribution >= 0.6 is 0 Å². The maximum absolute atomic E-state index is 6.36. The zero-order valence-electron chi connectivity index (χ0n) is 16.6. The van der Waals surface area contributed by atoms with Crippen LogP contribution in [0.4, 0.5) is 0 Å². The lowest BCUT2D eigenvalue weighted by Gasteiger charge is -2.60. The summed E-state index contributed by atoms with van der Waals surface area (Å²) in [5.74, 6) is 0.783. The first kappa shape index (κ1) is 19.1. The maximum atomic E-state index is 6.36. The van der Waals surface area contributed by atoms with Crippen molar-refractivity contribution in [3.05, 3.63) is 0 Å². The van der Waals surface area contributed by atoms with Crippen molar-refractivity contribution >= 4 is 0 Å². The lowest BCUT2D eigenvalue weighted by Crippen LogP contribution is -2.70. The summed E-state index contributed by atoms with van der Waals surface area (Å²) in [7, 11) is 0. The Morgan fingerprint density at radius 3 is 2.65 bits per heavy atom. The summed E-state index contributed by atoms with van der Waals surface area (Å²) >= 11 is 0. The van der Waals surface area contributed by atoms with Crippen molar-refractivity contribution in [2.75, 3.05) is 19.8 Å². The van der Waals surface area contributed by atoms with Crippen molar-refractivity contribution in [2.45, 2.75) is 83.8 Å². The number of rotatable bonds is 6. The number of fused-ring (bicyclic) bond motifs is 2. The monoisotopic (exact) mass is 370 g/mol. The van der Waals surface area contributed by atoms with Crippen LogP contribution in [-0.4, -0.2) is 43.8 Å². The van der Waals surface area contributed by atoms with Gasteiger partial charge < -0.3 is 18.9 Å². The summed E-state index contributed by atoms with van der Waals surface area (Å²) in [6.45, 7) is 10.5. The van der Waals surface area contributed by atoms with Crippen LogP contribution in [0.15, 0.2) is 0 Å². The van der Waals surface area contributed by atoms with Crippen molar-refractivity contribution in [1.82, 2.24) is 0 Å². The normalized spacial score (nSPS) is 50.3. The lowest BCUT2D eigenvalue weighted by atomic mass is 9.58. The highest BCUT2D eigenvalue weighted by Crippen LogP contribution is 2.60. The fourth-order valence-electron chi connectivity index (χ4n) is 5.53. The van der Waals surface area contributed by atoms with E-state index in [1.54, 1.807) is 0 Å². The molecule has 2 bridgehead atoms. The predicted octanol–water partition coefficient (Wildman–Crippen LogP) is 3.64. The third kappa shape index (κ3) is 3.03. The van der Waals surface area contributed by atoms with Gasteiger partial charge in [0.1, 0.15) is 0 Å². The molecule has 1 aliphatic carbocycles. The average molecular weight is 370 g/mol. The van der Waals surface area contributed by atoms with E-state index in [-0.39, 0.29) is 12.2 Å². The van der Waals surface area contributed by atoms with E-state index >= 15 is 0 Å². The minimum Gasteiger partial charge on any atom is -0.379 e. The average Bonchev–Trinajstić information content (AvgIpc) is 2.85. The fraction of sp³-hybridized carbons (Fsp3) is 1.00. The first-order chi connectivity index (χ1) is 12.5. The van der Waals surface area contributed by atoms with Gasteiger partial charge in [-0.05, 0) is 44.4 Å². The van der Waals surface area contributed by atoms with Crippen molar-refractivity contribution < 1.29 is 28.7 Å². The largest absolute Gasteiger partial charge is 0.379 e. The molecular formula is C20H34O6. The Hall–Kier alpha value is -0.240. The van der Waals surface area contributed by atoms with Gasteiger partial charge in [-0.15, -0.1) is 0 Å². The van der Waals surface area contributed by atoms with Gasteiger partial charge in [0.15, 0.2) is 18.2 Å². The van der Waals surface area contributed by atoms with E-state index in [2.05, 4.69) is 20.8 Å². The molecule has 4 aliphatic heterocycles. The van der Waals surface area contributed by atoms with Gasteiger partial charge in [0.2, 0.25) is 5.79 Å². The number of hydrogen-bond acceptors (Lipinski definition) is 6. The molecule has 0 radical (unpaired) electrons. The molecule has 1 saturated carbocycles. The van der Waals surface area contributed by atoms with E-state index in [1.807, 2.05) is 6.92 Å². The molecule has 1 spiro atoms. The van der Waals surface area contributed by atoms with Gasteiger partial charge in [0, 0.05) is 24.9 Å². The SMILES string of the molecule is CCCOCCO[C@H]1O[C@@H]2O[C@@]3(C)CC[C@H]4[C@H](C)CC[C@@H]([C@H]1C)[C@@]24OO3. The fourth-order valence-corrected chi connectivity index (χ4v) is 5.53. The molecule has 6 heteroatoms. The van der Waals surface area contributed by atoms with Crippen LogP contribution in [0.3, 0.4) is 0 Å². The first-order valence-corrected chi connectivity index (χ1v) is 10.4. The zero-order valence-corrected chi connectivity index (χ0v) is 16.6. The summed E-state index contributed by atoms with van der Waals surface area (Å²) < 4.78 is 24.3. The molecule has 5 fully saturated rings. The highest BCUT2D eigenvalue weighted by atomic mass is 17.3. The molecule has 0 unspecified atom stereocenters. The molecule has 5 aliphatic rings. The Kier molecular flexibility index (Phi) is 5.36. The standard InChI is InChI=1S/C20H34O6/c1-5-10-21-11-12-22-17-14(3)16-7-6-13(2)15-8-9-19(4)24-18(23-17)20(15,16)26-25-19/h13-18H,5-12H2,1-4H3/t13-,14-,15+,16+,17+,18-,19-,20-/m1/s1. The van der Waals surface area contributed by atoms with Crippen LogP contribution in [0.25, 0.3) is 0 Å². The molecule has 0 aromatic rings. The summed E-state index contributed by atoms with van der Waals surface area (Å²) in [5.41, 5.74) is -0.508. The van der Waals surface area contributed by atoms with Crippen LogP contribution in [-0.2, 0) is 28.7 Å². The van der Waals surface area contributed by atoms with Gasteiger partial charge in [0.25, 0.3) is 0 Å². The number of ether oxygens (including phenoxy) is 4. The molecule has 0 aromatic heterocycles. The molecule has 6 nitrogen and oxygen atoms in total. The van der Waals surface area contributed by atoms with Crippen LogP contribution < -0.4 is 0 Å². The molecule has 8 atom stereocenters. The molecule has 4 saturated heterocycles. The molecule has 0 amide bonds. The Balaban J connectivity index is 1.53. The van der Waals surface area contributed by atoms with Crippen molar-refractivity contribution in [3.8, 4) is 0 Å². The van der Waals surface area contributed by atoms with Gasteiger partial charge >= 0.3 is 0 Å². The molecule has 26 heavy (non-hydrogen) atoms. The van der Waals surface area contributed by atoms with Crippen molar-refractivity contribution in [3.63, 3.8) is 0 Å². The van der Waals surface area contributed by atoms with E-state index in [9.17, 15) is 0 Å². The quantitative estimate of drug-likeness (QED) is 0.526. The van der Waals surface area contributed by atoms with E-state index < -0.39 is 17.7 Å². The summed E-state index contributed by atoms with van der Waals surface area (Å²) in [5, 5.41) is 0. The summed E-state index contributed by atoms with van der Waals surface area (Å²) in [4.78, 5) is 12.0. The second-order valence-electron chi connectivity index (χ2n) is 8.76. The summed E-state index contributed by atoms with van der Waals surface area (Å²) in [6, 6.07) is 0. The Morgan fingerprint density at radius 2 is 1.85 bits per heavy atom. The van der Waals surface area contributed by atoms with E-state index in [4.69, 9.17) is 28.7 Å². The van der Waals surface area contributed by atoms with Crippen LogP contribution in [0.5, 0.6) is 0 Å². The van der Waals surface area contributed by atoms with Crippen molar-refractivity contribution in [1.29, 1.82) is 0 Å². The summed E-state index contributed by atoms with van der Waals surface area (Å²) in [6.07, 6.45) is 4.49. The minimum absolute atomic E-state index is 0.224. The molecule has 150 valence electrons. The second-order valence-corrected chi connectivity index (χ2v) is 8.76. The first-order valence-electron chi connectivity index (χ1n) is 10.4. The van der Waals surface area contributed by atoms with Gasteiger partial charge in [-0.25, -0.2) is 9.78 Å². The third-order valence-electron chi connectivity index (χ3n) is 6.96. The van der Waals surface area contributed by atoms with Crippen LogP contribution in [0, 0.1) is 23.7 Å². The highest BCUT2D eigenvalue weighted by Gasteiger charge is 2.69. The Labute approximate surface area is 156 Å². The molecule has 0 N–H and O–H groups in total. The molecule has 4 heterocycles. The van der Waals surface area contributed by atoms with Gasteiger partial charge in [-0.1, -0.05) is 20.8 Å². The minimum atomic E-state index is -0.729. The smallest absolute Gasteiger partial charge is 0.201 e. The lowest BCUT2D eigenvalue weighted by molar-refractivity contribution is -0.577. The third-order valence-corrected chi connectivity index (χ3v) is 6.96. The maximum Gasteiger partial charge on any atom is 0.201 e. The van der Waals surface area contributed by atoms with Gasteiger partial charge in [0.05, 0.1) is 13.2 Å². The van der Waals surface area contributed by atoms with Gasteiger partial charge in [-0.2, -0.15) is 0 Å². The zero-order chi connectivity index (χ0) is 18.4. The van der Waals surface area contributed by atoms with E-state index in [0.29, 0.717) is 31.0 Å². The molecule has 0 aromatic carbocycles. The Bertz CT molecular complexity index is 501. The highest BCUT2D eigenvalue weighted by molar-refractivity contribution is 5.09. The second kappa shape index (κ2) is 7.30. The number of hydrogen-bond donors (Lipinski definition) is 0. The van der Waals surface area contributed by atoms with E-state index in [1.165, 1.54) is 6.42 Å². The molecular weight excluding hydrogens is 336 g/mol. The predicted molar refractivity (Wildman–Crippen MR) is 93.9 cm³/mol. The van der Waals surface area contributed by atoms with E-state index in [0.717, 1.165) is 32.3 Å². The topological polar surface area (TPSA) is 55.4 Å². The Morgan fingerprint density at radius 1 is 1.00 bits per heavy atom. The van der Waals surface area contributed by atoms with Crippen LogP contribution in [0.2, 0.25) is 0 Å². The van der Waals surface area contributed by atoms with Gasteiger partial charge in [-0.3, -0.25) is 0 Å². The van der Waals surface area contributed by atoms with Crippen LogP contribution in [0.1, 0.15) is 59.8 Å².